The second-order valence-corrected chi connectivity index (χ2v) is 8.32. The molecule has 158 valence electrons. The van der Waals surface area contributed by atoms with E-state index in [0.29, 0.717) is 30.2 Å². The summed E-state index contributed by atoms with van der Waals surface area (Å²) in [5, 5.41) is 4.48. The Morgan fingerprint density at radius 2 is 1.97 bits per heavy atom. The quantitative estimate of drug-likeness (QED) is 0.603. The standard InChI is InChI=1S/C22H22F4N4/c23-16-3-5-19-14(7-16)8-17(29-19)10-27-20-4-1-13-11-30(12-18(13)20)21-6-2-15(9-28-21)22(24,25)26/h2-3,5-9,13,18,20,27,29H,1,4,10-12H2. The highest BCUT2D eigenvalue weighted by molar-refractivity contribution is 5.80. The van der Waals surface area contributed by atoms with Crippen LogP contribution in [0.1, 0.15) is 24.1 Å². The number of H-pyrrole nitrogens is 1. The Hall–Kier alpha value is -2.61. The number of aromatic nitrogens is 2. The van der Waals surface area contributed by atoms with Gasteiger partial charge < -0.3 is 15.2 Å². The number of nitrogens with zero attached hydrogens (tertiary/aromatic N) is 2. The summed E-state index contributed by atoms with van der Waals surface area (Å²) >= 11 is 0. The van der Waals surface area contributed by atoms with Gasteiger partial charge in [-0.05, 0) is 61.1 Å². The zero-order chi connectivity index (χ0) is 20.9. The Kier molecular flexibility index (Phi) is 4.69. The molecular formula is C22H22F4N4. The van der Waals surface area contributed by atoms with Crippen molar-refractivity contribution in [2.75, 3.05) is 18.0 Å². The number of aromatic amines is 1. The van der Waals surface area contributed by atoms with Crippen molar-refractivity contribution in [1.82, 2.24) is 15.3 Å². The van der Waals surface area contributed by atoms with Crippen molar-refractivity contribution < 1.29 is 17.6 Å². The Morgan fingerprint density at radius 1 is 1.10 bits per heavy atom. The monoisotopic (exact) mass is 418 g/mol. The topological polar surface area (TPSA) is 44.0 Å². The van der Waals surface area contributed by atoms with Crippen LogP contribution in [-0.4, -0.2) is 29.1 Å². The van der Waals surface area contributed by atoms with Crippen LogP contribution in [0.5, 0.6) is 0 Å². The van der Waals surface area contributed by atoms with E-state index in [1.54, 1.807) is 6.07 Å². The largest absolute Gasteiger partial charge is 0.417 e. The predicted molar refractivity (Wildman–Crippen MR) is 107 cm³/mol. The van der Waals surface area contributed by atoms with Crippen LogP contribution in [0.4, 0.5) is 23.4 Å². The first kappa shape index (κ1) is 19.4. The second kappa shape index (κ2) is 7.27. The van der Waals surface area contributed by atoms with E-state index in [9.17, 15) is 17.6 Å². The van der Waals surface area contributed by atoms with Crippen LogP contribution in [0.25, 0.3) is 10.9 Å². The van der Waals surface area contributed by atoms with Gasteiger partial charge >= 0.3 is 6.18 Å². The Labute approximate surface area is 171 Å². The Morgan fingerprint density at radius 3 is 2.73 bits per heavy atom. The maximum atomic E-state index is 13.4. The molecule has 2 N–H and O–H groups in total. The average molecular weight is 418 g/mol. The number of anilines is 1. The molecule has 1 saturated carbocycles. The van der Waals surface area contributed by atoms with Gasteiger partial charge in [-0.2, -0.15) is 13.2 Å². The minimum absolute atomic E-state index is 0.248. The molecule has 0 bridgehead atoms. The molecule has 0 amide bonds. The number of rotatable bonds is 4. The van der Waals surface area contributed by atoms with Crippen LogP contribution in [0.2, 0.25) is 0 Å². The molecule has 1 aliphatic carbocycles. The summed E-state index contributed by atoms with van der Waals surface area (Å²) in [5.74, 6) is 1.32. The lowest BCUT2D eigenvalue weighted by Gasteiger charge is -2.22. The van der Waals surface area contributed by atoms with Crippen molar-refractivity contribution in [3.05, 3.63) is 59.7 Å². The van der Waals surface area contributed by atoms with Gasteiger partial charge in [-0.25, -0.2) is 9.37 Å². The van der Waals surface area contributed by atoms with E-state index in [1.165, 1.54) is 18.2 Å². The van der Waals surface area contributed by atoms with Crippen molar-refractivity contribution in [3.63, 3.8) is 0 Å². The van der Waals surface area contributed by atoms with Crippen molar-refractivity contribution in [2.45, 2.75) is 31.6 Å². The minimum Gasteiger partial charge on any atom is -0.357 e. The third-order valence-electron chi connectivity index (χ3n) is 6.45. The first-order chi connectivity index (χ1) is 14.4. The van der Waals surface area contributed by atoms with Gasteiger partial charge in [-0.15, -0.1) is 0 Å². The van der Waals surface area contributed by atoms with E-state index in [0.717, 1.165) is 54.8 Å². The fraction of sp³-hybridized carbons (Fsp3) is 0.409. The molecule has 4 nitrogen and oxygen atoms in total. The zero-order valence-electron chi connectivity index (χ0n) is 16.2. The number of alkyl halides is 3. The molecule has 3 heterocycles. The molecule has 1 aromatic carbocycles. The van der Waals surface area contributed by atoms with Crippen LogP contribution in [0.3, 0.4) is 0 Å². The van der Waals surface area contributed by atoms with Gasteiger partial charge in [0.2, 0.25) is 0 Å². The molecule has 2 aliphatic rings. The highest BCUT2D eigenvalue weighted by Gasteiger charge is 2.43. The first-order valence-corrected chi connectivity index (χ1v) is 10.2. The average Bonchev–Trinajstić information content (AvgIpc) is 3.39. The van der Waals surface area contributed by atoms with Gasteiger partial charge in [-0.3, -0.25) is 0 Å². The normalized spacial score (nSPS) is 24.0. The van der Waals surface area contributed by atoms with Gasteiger partial charge in [-0.1, -0.05) is 0 Å². The van der Waals surface area contributed by atoms with E-state index >= 15 is 0 Å². The molecule has 3 unspecified atom stereocenters. The summed E-state index contributed by atoms with van der Waals surface area (Å²) in [5.41, 5.74) is 1.21. The summed E-state index contributed by atoms with van der Waals surface area (Å²) in [7, 11) is 0. The highest BCUT2D eigenvalue weighted by atomic mass is 19.4. The van der Waals surface area contributed by atoms with Gasteiger partial charge in [0.25, 0.3) is 0 Å². The number of pyridine rings is 1. The number of nitrogens with one attached hydrogen (secondary N) is 2. The van der Waals surface area contributed by atoms with Crippen LogP contribution in [-0.2, 0) is 12.7 Å². The number of benzene rings is 1. The molecule has 0 spiro atoms. The van der Waals surface area contributed by atoms with E-state index in [-0.39, 0.29) is 5.82 Å². The fourth-order valence-electron chi connectivity index (χ4n) is 4.95. The van der Waals surface area contributed by atoms with Crippen LogP contribution < -0.4 is 10.2 Å². The van der Waals surface area contributed by atoms with E-state index < -0.39 is 11.7 Å². The van der Waals surface area contributed by atoms with E-state index in [1.807, 2.05) is 6.07 Å². The molecule has 0 radical (unpaired) electrons. The van der Waals surface area contributed by atoms with Crippen molar-refractivity contribution in [3.8, 4) is 0 Å². The maximum absolute atomic E-state index is 13.4. The summed E-state index contributed by atoms with van der Waals surface area (Å²) in [6.07, 6.45) is -1.27. The van der Waals surface area contributed by atoms with Crippen molar-refractivity contribution in [1.29, 1.82) is 0 Å². The number of halogens is 4. The van der Waals surface area contributed by atoms with Crippen LogP contribution in [0, 0.1) is 17.7 Å². The van der Waals surface area contributed by atoms with E-state index in [4.69, 9.17) is 0 Å². The molecule has 1 aliphatic heterocycles. The summed E-state index contributed by atoms with van der Waals surface area (Å²) < 4.78 is 51.7. The fourth-order valence-corrected chi connectivity index (χ4v) is 4.95. The smallest absolute Gasteiger partial charge is 0.357 e. The molecule has 1 saturated heterocycles. The second-order valence-electron chi connectivity index (χ2n) is 8.32. The Bertz CT molecular complexity index is 1040. The lowest BCUT2D eigenvalue weighted by atomic mass is 9.98. The molecule has 3 atom stereocenters. The Balaban J connectivity index is 1.22. The molecule has 8 heteroatoms. The van der Waals surface area contributed by atoms with E-state index in [2.05, 4.69) is 20.2 Å². The maximum Gasteiger partial charge on any atom is 0.417 e. The number of hydrogen-bond donors (Lipinski definition) is 2. The van der Waals surface area contributed by atoms with Crippen LogP contribution in [0.15, 0.2) is 42.6 Å². The molecule has 5 rings (SSSR count). The predicted octanol–water partition coefficient (Wildman–Crippen LogP) is 4.73. The molecule has 2 aromatic heterocycles. The number of hydrogen-bond acceptors (Lipinski definition) is 3. The zero-order valence-corrected chi connectivity index (χ0v) is 16.2. The van der Waals surface area contributed by atoms with Gasteiger partial charge in [0.1, 0.15) is 11.6 Å². The third-order valence-corrected chi connectivity index (χ3v) is 6.45. The SMILES string of the molecule is Fc1ccc2[nH]c(CNC3CCC4CN(c5ccc(C(F)(F)F)cn5)CC43)cc2c1. The van der Waals surface area contributed by atoms with Crippen molar-refractivity contribution >= 4 is 16.7 Å². The minimum atomic E-state index is -4.36. The molecular weight excluding hydrogens is 396 g/mol. The van der Waals surface area contributed by atoms with Crippen molar-refractivity contribution in [2.24, 2.45) is 11.8 Å². The summed E-state index contributed by atoms with van der Waals surface area (Å²) in [6.45, 7) is 2.29. The third kappa shape index (κ3) is 3.64. The summed E-state index contributed by atoms with van der Waals surface area (Å²) in [6, 6.07) is 9.59. The van der Waals surface area contributed by atoms with Gasteiger partial charge in [0.05, 0.1) is 5.56 Å². The lowest BCUT2D eigenvalue weighted by Crippen LogP contribution is -2.35. The van der Waals surface area contributed by atoms with Crippen LogP contribution >= 0.6 is 0 Å². The van der Waals surface area contributed by atoms with Gasteiger partial charge in [0, 0.05) is 48.5 Å². The number of fused-ring (bicyclic) bond motifs is 2. The highest BCUT2D eigenvalue weighted by Crippen LogP contribution is 2.40. The molecule has 2 fully saturated rings. The molecule has 3 aromatic rings. The summed E-state index contributed by atoms with van der Waals surface area (Å²) in [4.78, 5) is 9.46. The lowest BCUT2D eigenvalue weighted by molar-refractivity contribution is -0.137. The first-order valence-electron chi connectivity index (χ1n) is 10.2. The van der Waals surface area contributed by atoms with Gasteiger partial charge in [0.15, 0.2) is 0 Å². The molecule has 30 heavy (non-hydrogen) atoms.